The van der Waals surface area contributed by atoms with E-state index >= 15 is 0 Å². The Morgan fingerprint density at radius 2 is 2.04 bits per heavy atom. The van der Waals surface area contributed by atoms with E-state index in [1.165, 1.54) is 24.5 Å². The van der Waals surface area contributed by atoms with Crippen LogP contribution in [0.15, 0.2) is 59.6 Å². The largest absolute Gasteiger partial charge is 0.465 e. The van der Waals surface area contributed by atoms with Gasteiger partial charge in [0.05, 0.1) is 29.4 Å². The fourth-order valence-electron chi connectivity index (χ4n) is 2.51. The van der Waals surface area contributed by atoms with Gasteiger partial charge in [-0.3, -0.25) is 4.79 Å². The summed E-state index contributed by atoms with van der Waals surface area (Å²) in [6.45, 7) is 0.270. The Morgan fingerprint density at radius 3 is 2.74 bits per heavy atom. The van der Waals surface area contributed by atoms with Gasteiger partial charge < -0.3 is 9.30 Å². The second-order valence-corrected chi connectivity index (χ2v) is 6.55. The Labute approximate surface area is 160 Å². The van der Waals surface area contributed by atoms with Crippen LogP contribution in [0.25, 0.3) is 16.3 Å². The molecule has 0 saturated carbocycles. The molecule has 0 aliphatic carbocycles. The fourth-order valence-corrected chi connectivity index (χ4v) is 3.58. The van der Waals surface area contributed by atoms with E-state index in [1.807, 2.05) is 30.3 Å². The van der Waals surface area contributed by atoms with E-state index in [0.717, 1.165) is 15.8 Å². The highest BCUT2D eigenvalue weighted by Gasteiger charge is 2.11. The Hall–Kier alpha value is -3.43. The molecule has 0 spiro atoms. The molecule has 27 heavy (non-hydrogen) atoms. The first kappa shape index (κ1) is 18.4. The minimum atomic E-state index is -0.422. The molecule has 2 aromatic carbocycles. The van der Waals surface area contributed by atoms with Crippen molar-refractivity contribution in [3.8, 4) is 12.3 Å². The van der Waals surface area contributed by atoms with Crippen LogP contribution in [0, 0.1) is 12.3 Å². The van der Waals surface area contributed by atoms with Crippen LogP contribution in [0.5, 0.6) is 0 Å². The molecular formula is C21H16N2O3S. The molecule has 0 aliphatic rings. The SMILES string of the molecule is C#CCn1c(=NC(=O)/C=C/c2ccccc2)sc2cc(C(=O)OC)ccc21. The lowest BCUT2D eigenvalue weighted by atomic mass is 10.2. The smallest absolute Gasteiger partial charge is 0.337 e. The molecule has 0 atom stereocenters. The second kappa shape index (κ2) is 8.30. The molecule has 0 radical (unpaired) electrons. The molecule has 0 bridgehead atoms. The van der Waals surface area contributed by atoms with Gasteiger partial charge >= 0.3 is 5.97 Å². The van der Waals surface area contributed by atoms with Crippen molar-refractivity contribution >= 4 is 39.5 Å². The normalized spacial score (nSPS) is 11.6. The Kier molecular flexibility index (Phi) is 5.64. The molecule has 0 aliphatic heterocycles. The summed E-state index contributed by atoms with van der Waals surface area (Å²) in [5, 5.41) is 0. The van der Waals surface area contributed by atoms with E-state index in [9.17, 15) is 9.59 Å². The first-order chi connectivity index (χ1) is 13.1. The molecule has 5 nitrogen and oxygen atoms in total. The van der Waals surface area contributed by atoms with Crippen molar-refractivity contribution in [1.82, 2.24) is 4.57 Å². The van der Waals surface area contributed by atoms with Crippen LogP contribution in [0.2, 0.25) is 0 Å². The van der Waals surface area contributed by atoms with E-state index < -0.39 is 5.97 Å². The maximum Gasteiger partial charge on any atom is 0.337 e. The average Bonchev–Trinajstić information content (AvgIpc) is 3.03. The lowest BCUT2D eigenvalue weighted by Gasteiger charge is -2.01. The molecule has 1 amide bonds. The van der Waals surface area contributed by atoms with Crippen LogP contribution in [0.1, 0.15) is 15.9 Å². The monoisotopic (exact) mass is 376 g/mol. The zero-order valence-corrected chi connectivity index (χ0v) is 15.4. The summed E-state index contributed by atoms with van der Waals surface area (Å²) in [7, 11) is 1.33. The van der Waals surface area contributed by atoms with Crippen molar-refractivity contribution in [2.75, 3.05) is 7.11 Å². The van der Waals surface area contributed by atoms with Gasteiger partial charge in [0.1, 0.15) is 0 Å². The number of hydrogen-bond donors (Lipinski definition) is 0. The van der Waals surface area contributed by atoms with E-state index in [0.29, 0.717) is 10.4 Å². The van der Waals surface area contributed by atoms with Crippen LogP contribution >= 0.6 is 11.3 Å². The van der Waals surface area contributed by atoms with E-state index in [1.54, 1.807) is 28.8 Å². The van der Waals surface area contributed by atoms with Gasteiger partial charge in [-0.2, -0.15) is 4.99 Å². The number of benzene rings is 2. The predicted octanol–water partition coefficient (Wildman–Crippen LogP) is 3.26. The number of carbonyl (C=O) groups is 2. The molecule has 0 fully saturated rings. The van der Waals surface area contributed by atoms with Gasteiger partial charge in [-0.15, -0.1) is 6.42 Å². The van der Waals surface area contributed by atoms with Crippen LogP contribution in [0.4, 0.5) is 0 Å². The van der Waals surface area contributed by atoms with Gasteiger partial charge in [-0.1, -0.05) is 47.6 Å². The molecule has 3 aromatic rings. The summed E-state index contributed by atoms with van der Waals surface area (Å²) in [4.78, 5) is 28.6. The minimum absolute atomic E-state index is 0.270. The molecule has 6 heteroatoms. The molecule has 0 unspecified atom stereocenters. The van der Waals surface area contributed by atoms with Crippen molar-refractivity contribution in [2.24, 2.45) is 4.99 Å². The number of esters is 1. The zero-order valence-electron chi connectivity index (χ0n) is 14.6. The number of fused-ring (bicyclic) bond motifs is 1. The van der Waals surface area contributed by atoms with E-state index in [-0.39, 0.29) is 12.5 Å². The van der Waals surface area contributed by atoms with Crippen LogP contribution in [-0.2, 0) is 16.1 Å². The Morgan fingerprint density at radius 1 is 1.26 bits per heavy atom. The first-order valence-corrected chi connectivity index (χ1v) is 8.91. The van der Waals surface area contributed by atoms with Crippen molar-refractivity contribution < 1.29 is 14.3 Å². The van der Waals surface area contributed by atoms with E-state index in [4.69, 9.17) is 11.2 Å². The lowest BCUT2D eigenvalue weighted by Crippen LogP contribution is -2.15. The van der Waals surface area contributed by atoms with E-state index in [2.05, 4.69) is 10.9 Å². The molecule has 1 aromatic heterocycles. The van der Waals surface area contributed by atoms with Crippen molar-refractivity contribution in [3.63, 3.8) is 0 Å². The van der Waals surface area contributed by atoms with Crippen LogP contribution in [0.3, 0.4) is 0 Å². The highest BCUT2D eigenvalue weighted by atomic mass is 32.1. The number of ether oxygens (including phenoxy) is 1. The summed E-state index contributed by atoms with van der Waals surface area (Å²) in [5.41, 5.74) is 2.15. The highest BCUT2D eigenvalue weighted by Crippen LogP contribution is 2.20. The van der Waals surface area contributed by atoms with Gasteiger partial charge in [0, 0.05) is 6.08 Å². The van der Waals surface area contributed by atoms with Crippen molar-refractivity contribution in [3.05, 3.63) is 70.5 Å². The summed E-state index contributed by atoms with van der Waals surface area (Å²) >= 11 is 1.29. The highest BCUT2D eigenvalue weighted by molar-refractivity contribution is 7.16. The maximum absolute atomic E-state index is 12.3. The number of nitrogens with zero attached hydrogens (tertiary/aromatic N) is 2. The molecule has 134 valence electrons. The maximum atomic E-state index is 12.3. The third-order valence-corrected chi connectivity index (χ3v) is 4.82. The number of hydrogen-bond acceptors (Lipinski definition) is 4. The number of aromatic nitrogens is 1. The number of carbonyl (C=O) groups excluding carboxylic acids is 2. The van der Waals surface area contributed by atoms with Gasteiger partial charge in [0.25, 0.3) is 5.91 Å². The molecular weight excluding hydrogens is 360 g/mol. The fraction of sp³-hybridized carbons (Fsp3) is 0.0952. The number of thiazole rings is 1. The number of terminal acetylenes is 1. The van der Waals surface area contributed by atoms with Gasteiger partial charge in [-0.05, 0) is 29.8 Å². The lowest BCUT2D eigenvalue weighted by molar-refractivity contribution is -0.113. The van der Waals surface area contributed by atoms with Gasteiger partial charge in [0.15, 0.2) is 4.80 Å². The molecule has 0 saturated heterocycles. The number of methoxy groups -OCH3 is 1. The Bertz CT molecular complexity index is 1130. The summed E-state index contributed by atoms with van der Waals surface area (Å²) < 4.78 is 7.32. The van der Waals surface area contributed by atoms with Crippen molar-refractivity contribution in [1.29, 1.82) is 0 Å². The standard InChI is InChI=1S/C21H16N2O3S/c1-3-13-23-17-11-10-16(20(25)26-2)14-18(17)27-21(23)22-19(24)12-9-15-7-5-4-6-8-15/h1,4-12,14H,13H2,2H3/b12-9+,22-21?. The summed E-state index contributed by atoms with van der Waals surface area (Å²) in [5.74, 6) is 1.76. The number of rotatable bonds is 4. The van der Waals surface area contributed by atoms with Crippen LogP contribution < -0.4 is 4.80 Å². The average molecular weight is 376 g/mol. The molecule has 3 rings (SSSR count). The zero-order chi connectivity index (χ0) is 19.2. The summed E-state index contributed by atoms with van der Waals surface area (Å²) in [6.07, 6.45) is 8.59. The van der Waals surface area contributed by atoms with Gasteiger partial charge in [0.2, 0.25) is 0 Å². The molecule has 0 N–H and O–H groups in total. The van der Waals surface area contributed by atoms with Crippen molar-refractivity contribution in [2.45, 2.75) is 6.54 Å². The molecule has 1 heterocycles. The second-order valence-electron chi connectivity index (χ2n) is 5.54. The quantitative estimate of drug-likeness (QED) is 0.399. The Balaban J connectivity index is 2.01. The third-order valence-electron chi connectivity index (χ3n) is 3.78. The number of amides is 1. The minimum Gasteiger partial charge on any atom is -0.465 e. The van der Waals surface area contributed by atoms with Gasteiger partial charge in [-0.25, -0.2) is 4.79 Å². The third kappa shape index (κ3) is 4.22. The first-order valence-electron chi connectivity index (χ1n) is 8.09. The summed E-state index contributed by atoms with van der Waals surface area (Å²) in [6, 6.07) is 14.6. The topological polar surface area (TPSA) is 60.7 Å². The van der Waals surface area contributed by atoms with Crippen LogP contribution in [-0.4, -0.2) is 23.6 Å². The predicted molar refractivity (Wildman–Crippen MR) is 106 cm³/mol.